The van der Waals surface area contributed by atoms with Crippen LogP contribution in [0.3, 0.4) is 0 Å². The lowest BCUT2D eigenvalue weighted by atomic mass is 10.0. The Morgan fingerprint density at radius 1 is 1.29 bits per heavy atom. The van der Waals surface area contributed by atoms with Gasteiger partial charge in [0.2, 0.25) is 0 Å². The molecule has 0 spiro atoms. The zero-order valence-corrected chi connectivity index (χ0v) is 9.71. The van der Waals surface area contributed by atoms with Crippen molar-refractivity contribution >= 4 is 12.0 Å². The number of alkyl halides is 3. The molecule has 0 fully saturated rings. The Kier molecular flexibility index (Phi) is 4.15. The van der Waals surface area contributed by atoms with Crippen LogP contribution in [-0.4, -0.2) is 20.4 Å². The molecule has 0 N–H and O–H groups in total. The van der Waals surface area contributed by atoms with E-state index < -0.39 is 11.7 Å². The summed E-state index contributed by atoms with van der Waals surface area (Å²) < 4.78 is 37.6. The lowest BCUT2D eigenvalue weighted by molar-refractivity contribution is -0.137. The fourth-order valence-electron chi connectivity index (χ4n) is 1.61. The van der Waals surface area contributed by atoms with E-state index in [1.54, 1.807) is 19.0 Å². The summed E-state index contributed by atoms with van der Waals surface area (Å²) in [5.41, 5.74) is 0.570. The van der Waals surface area contributed by atoms with Gasteiger partial charge in [-0.3, -0.25) is 0 Å². The van der Waals surface area contributed by atoms with Gasteiger partial charge in [-0.25, -0.2) is 0 Å². The first kappa shape index (κ1) is 13.5. The van der Waals surface area contributed by atoms with Crippen molar-refractivity contribution in [2.24, 2.45) is 0 Å². The van der Waals surface area contributed by atoms with Crippen LogP contribution >= 0.6 is 0 Å². The summed E-state index contributed by atoms with van der Waals surface area (Å²) in [6.45, 7) is 0. The molecule has 1 aromatic carbocycles. The van der Waals surface area contributed by atoms with Crippen molar-refractivity contribution in [2.45, 2.75) is 19.0 Å². The first-order valence-corrected chi connectivity index (χ1v) is 5.17. The molecule has 1 rings (SSSR count). The molecule has 0 aromatic heterocycles. The van der Waals surface area contributed by atoms with Gasteiger partial charge in [-0.15, -0.1) is 0 Å². The summed E-state index contributed by atoms with van der Waals surface area (Å²) in [4.78, 5) is 12.0. The van der Waals surface area contributed by atoms with Crippen LogP contribution in [0.25, 0.3) is 0 Å². The van der Waals surface area contributed by atoms with Crippen molar-refractivity contribution in [2.75, 3.05) is 19.0 Å². The number of hydrogen-bond donors (Lipinski definition) is 0. The van der Waals surface area contributed by atoms with Crippen LogP contribution in [0.4, 0.5) is 18.9 Å². The fraction of sp³-hybridized carbons (Fsp3) is 0.417. The summed E-state index contributed by atoms with van der Waals surface area (Å²) in [6, 6.07) is 3.60. The van der Waals surface area contributed by atoms with Crippen LogP contribution in [0.5, 0.6) is 0 Å². The molecule has 0 radical (unpaired) electrons. The molecular weight excluding hydrogens is 231 g/mol. The van der Waals surface area contributed by atoms with Crippen LogP contribution < -0.4 is 4.90 Å². The molecule has 0 saturated heterocycles. The topological polar surface area (TPSA) is 20.3 Å². The van der Waals surface area contributed by atoms with E-state index in [2.05, 4.69) is 0 Å². The maximum atomic E-state index is 12.5. The van der Waals surface area contributed by atoms with E-state index in [0.717, 1.165) is 12.1 Å². The Balaban J connectivity index is 3.14. The van der Waals surface area contributed by atoms with E-state index >= 15 is 0 Å². The molecular formula is C12H14F3NO. The highest BCUT2D eigenvalue weighted by molar-refractivity contribution is 5.57. The molecule has 94 valence electrons. The number of carbonyl (C=O) groups is 1. The van der Waals surface area contributed by atoms with Crippen LogP contribution in [0.2, 0.25) is 0 Å². The van der Waals surface area contributed by atoms with Gasteiger partial charge in [-0.1, -0.05) is 0 Å². The summed E-state index contributed by atoms with van der Waals surface area (Å²) in [6.07, 6.45) is -3.09. The highest BCUT2D eigenvalue weighted by Gasteiger charge is 2.31. The summed E-state index contributed by atoms with van der Waals surface area (Å²) in [7, 11) is 3.51. The molecule has 0 aliphatic rings. The molecule has 17 heavy (non-hydrogen) atoms. The number of anilines is 1. The van der Waals surface area contributed by atoms with Crippen molar-refractivity contribution in [1.82, 2.24) is 0 Å². The van der Waals surface area contributed by atoms with Gasteiger partial charge in [0.15, 0.2) is 0 Å². The highest BCUT2D eigenvalue weighted by Crippen LogP contribution is 2.32. The van der Waals surface area contributed by atoms with E-state index in [4.69, 9.17) is 0 Å². The van der Waals surface area contributed by atoms with Gasteiger partial charge >= 0.3 is 6.18 Å². The highest BCUT2D eigenvalue weighted by atomic mass is 19.4. The standard InChI is InChI=1S/C12H14F3NO/c1-16(2)11-6-5-10(12(13,14)15)8-9(11)4-3-7-17/h5-8H,3-4H2,1-2H3. The Labute approximate surface area is 98.0 Å². The number of aryl methyl sites for hydroxylation is 1. The minimum atomic E-state index is -4.35. The number of carbonyl (C=O) groups excluding carboxylic acids is 1. The number of hydrogen-bond acceptors (Lipinski definition) is 2. The minimum Gasteiger partial charge on any atom is -0.377 e. The second kappa shape index (κ2) is 5.21. The van der Waals surface area contributed by atoms with E-state index in [-0.39, 0.29) is 6.42 Å². The first-order chi connectivity index (χ1) is 7.86. The monoisotopic (exact) mass is 245 g/mol. The third-order valence-corrected chi connectivity index (χ3v) is 2.42. The van der Waals surface area contributed by atoms with Crippen LogP contribution in [0.15, 0.2) is 18.2 Å². The van der Waals surface area contributed by atoms with Crippen LogP contribution in [0, 0.1) is 0 Å². The number of aldehydes is 1. The van der Waals surface area contributed by atoms with Gasteiger partial charge in [0.1, 0.15) is 6.29 Å². The van der Waals surface area contributed by atoms with E-state index in [0.29, 0.717) is 24.0 Å². The van der Waals surface area contributed by atoms with Gasteiger partial charge in [0.05, 0.1) is 5.56 Å². The predicted molar refractivity (Wildman–Crippen MR) is 60.2 cm³/mol. The predicted octanol–water partition coefficient (Wildman–Crippen LogP) is 2.90. The molecule has 0 amide bonds. The van der Waals surface area contributed by atoms with Gasteiger partial charge in [0, 0.05) is 26.2 Å². The third-order valence-electron chi connectivity index (χ3n) is 2.42. The maximum Gasteiger partial charge on any atom is 0.416 e. The number of halogens is 3. The zero-order valence-electron chi connectivity index (χ0n) is 9.71. The number of benzene rings is 1. The quantitative estimate of drug-likeness (QED) is 0.760. The van der Waals surface area contributed by atoms with E-state index in [1.807, 2.05) is 0 Å². The maximum absolute atomic E-state index is 12.5. The Bertz CT molecular complexity index is 399. The first-order valence-electron chi connectivity index (χ1n) is 5.17. The van der Waals surface area contributed by atoms with Gasteiger partial charge in [-0.2, -0.15) is 13.2 Å². The fourth-order valence-corrected chi connectivity index (χ4v) is 1.61. The molecule has 0 atom stereocenters. The Morgan fingerprint density at radius 2 is 1.94 bits per heavy atom. The van der Waals surface area contributed by atoms with Gasteiger partial charge in [0.25, 0.3) is 0 Å². The van der Waals surface area contributed by atoms with Crippen molar-refractivity contribution < 1.29 is 18.0 Å². The summed E-state index contributed by atoms with van der Waals surface area (Å²) in [5.74, 6) is 0. The van der Waals surface area contributed by atoms with Crippen molar-refractivity contribution in [3.8, 4) is 0 Å². The van der Waals surface area contributed by atoms with Gasteiger partial charge in [-0.05, 0) is 30.2 Å². The normalized spacial score (nSPS) is 11.4. The number of nitrogens with zero attached hydrogens (tertiary/aromatic N) is 1. The van der Waals surface area contributed by atoms with Crippen molar-refractivity contribution in [3.63, 3.8) is 0 Å². The van der Waals surface area contributed by atoms with Crippen molar-refractivity contribution in [1.29, 1.82) is 0 Å². The number of rotatable bonds is 4. The molecule has 0 heterocycles. The smallest absolute Gasteiger partial charge is 0.377 e. The van der Waals surface area contributed by atoms with E-state index in [9.17, 15) is 18.0 Å². The molecule has 5 heteroatoms. The average molecular weight is 245 g/mol. The average Bonchev–Trinajstić information content (AvgIpc) is 2.24. The SMILES string of the molecule is CN(C)c1ccc(C(F)(F)F)cc1CCC=O. The minimum absolute atomic E-state index is 0.224. The van der Waals surface area contributed by atoms with Crippen LogP contribution in [0.1, 0.15) is 17.5 Å². The van der Waals surface area contributed by atoms with Crippen LogP contribution in [-0.2, 0) is 17.4 Å². The molecule has 1 aromatic rings. The molecule has 0 unspecified atom stereocenters. The second-order valence-electron chi connectivity index (χ2n) is 3.94. The molecule has 0 aliphatic heterocycles. The molecule has 2 nitrogen and oxygen atoms in total. The molecule has 0 bridgehead atoms. The molecule has 0 saturated carbocycles. The summed E-state index contributed by atoms with van der Waals surface area (Å²) >= 11 is 0. The molecule has 0 aliphatic carbocycles. The van der Waals surface area contributed by atoms with E-state index in [1.165, 1.54) is 6.07 Å². The lowest BCUT2D eigenvalue weighted by Crippen LogP contribution is -2.13. The summed E-state index contributed by atoms with van der Waals surface area (Å²) in [5, 5.41) is 0. The largest absolute Gasteiger partial charge is 0.416 e. The Hall–Kier alpha value is -1.52. The van der Waals surface area contributed by atoms with Gasteiger partial charge < -0.3 is 9.69 Å². The zero-order chi connectivity index (χ0) is 13.1. The lowest BCUT2D eigenvalue weighted by Gasteiger charge is -2.19. The second-order valence-corrected chi connectivity index (χ2v) is 3.94. The Morgan fingerprint density at radius 3 is 2.41 bits per heavy atom. The van der Waals surface area contributed by atoms with Crippen molar-refractivity contribution in [3.05, 3.63) is 29.3 Å². The third kappa shape index (κ3) is 3.47.